The van der Waals surface area contributed by atoms with Crippen molar-refractivity contribution in [1.82, 2.24) is 35.2 Å². The van der Waals surface area contributed by atoms with E-state index in [0.29, 0.717) is 60.4 Å². The first-order chi connectivity index (χ1) is 32.9. The molecule has 358 valence electrons. The SMILES string of the molecule is CCc1ccc(C(=O)N2CCC3(CCC(CN4CCC(C(=O)N5CCN(c6cc7c(N[C@H](C)c8cccc(CC#N)c8C)nnc(C)c7cn6)CC5)CC4)CC3)CC2)cc1N1CCC(=O)NC1=O. The minimum Gasteiger partial charge on any atom is -0.362 e. The number of hydrogen-bond acceptors (Lipinski definition) is 11. The molecule has 0 radical (unpaired) electrons. The van der Waals surface area contributed by atoms with Crippen LogP contribution in [0.5, 0.6) is 0 Å². The number of benzene rings is 2. The van der Waals surface area contributed by atoms with Gasteiger partial charge < -0.3 is 24.9 Å². The summed E-state index contributed by atoms with van der Waals surface area (Å²) in [5.74, 6) is 2.36. The third kappa shape index (κ3) is 9.88. The molecule has 4 saturated heterocycles. The largest absolute Gasteiger partial charge is 0.362 e. The summed E-state index contributed by atoms with van der Waals surface area (Å²) < 4.78 is 0. The van der Waals surface area contributed by atoms with Gasteiger partial charge in [-0.3, -0.25) is 24.6 Å². The summed E-state index contributed by atoms with van der Waals surface area (Å²) in [5, 5.41) is 26.3. The zero-order valence-electron chi connectivity index (χ0n) is 40.4. The van der Waals surface area contributed by atoms with Crippen molar-refractivity contribution in [3.8, 4) is 6.07 Å². The Kier molecular flexibility index (Phi) is 14.0. The summed E-state index contributed by atoms with van der Waals surface area (Å²) in [6.07, 6.45) is 12.0. The van der Waals surface area contributed by atoms with Crippen molar-refractivity contribution in [2.45, 2.75) is 104 Å². The van der Waals surface area contributed by atoms with Crippen LogP contribution in [0.2, 0.25) is 0 Å². The summed E-state index contributed by atoms with van der Waals surface area (Å²) in [6.45, 7) is 15.8. The van der Waals surface area contributed by atoms with Crippen molar-refractivity contribution in [3.63, 3.8) is 0 Å². The normalized spacial score (nSPS) is 20.1. The Hall–Kier alpha value is -6.14. The fraction of sp³-hybridized carbons (Fsp3) is 0.547. The number of amides is 5. The zero-order chi connectivity index (χ0) is 47.5. The molecule has 5 fully saturated rings. The quantitative estimate of drug-likeness (QED) is 0.154. The number of carbonyl (C=O) groups excluding carboxylic acids is 4. The van der Waals surface area contributed by atoms with Gasteiger partial charge in [-0.15, -0.1) is 5.10 Å². The second-order valence-corrected chi connectivity index (χ2v) is 20.1. The van der Waals surface area contributed by atoms with Crippen LogP contribution in [0.4, 0.5) is 22.1 Å². The number of nitrogens with zero attached hydrogens (tertiary/aromatic N) is 9. The number of urea groups is 1. The number of imide groups is 1. The average molecular weight is 922 g/mol. The Labute approximate surface area is 400 Å². The predicted molar refractivity (Wildman–Crippen MR) is 263 cm³/mol. The number of pyridine rings is 1. The number of nitrogens with one attached hydrogen (secondary N) is 2. The Bertz CT molecular complexity index is 2580. The maximum absolute atomic E-state index is 13.9. The number of piperazine rings is 1. The molecule has 5 aliphatic rings. The van der Waals surface area contributed by atoms with Gasteiger partial charge in [-0.2, -0.15) is 10.4 Å². The summed E-state index contributed by atoms with van der Waals surface area (Å²) in [7, 11) is 0. The Balaban J connectivity index is 0.717. The second-order valence-electron chi connectivity index (χ2n) is 20.1. The maximum atomic E-state index is 13.9. The monoisotopic (exact) mass is 922 g/mol. The molecule has 1 atom stereocenters. The summed E-state index contributed by atoms with van der Waals surface area (Å²) >= 11 is 0. The van der Waals surface area contributed by atoms with Crippen LogP contribution in [0.1, 0.15) is 116 Å². The van der Waals surface area contributed by atoms with Gasteiger partial charge in [0.2, 0.25) is 11.8 Å². The van der Waals surface area contributed by atoms with Crippen LogP contribution in [0.15, 0.2) is 48.7 Å². The van der Waals surface area contributed by atoms with E-state index in [1.54, 1.807) is 4.90 Å². The average Bonchev–Trinajstić information content (AvgIpc) is 3.36. The standard InChI is InChI=1S/C53H67N11O4/c1-5-39-9-10-42(31-46(39)64-24-16-48(65)57-52(64)68)51(67)62-25-19-53(20-26-62)17-11-38(12-18-53)34-60-22-14-41(15-23-60)50(66)63-29-27-61(28-30-63)47-32-44-45(33-55-47)37(4)58-59-49(44)56-36(3)43-8-6-7-40(13-21-54)35(43)2/h6-10,31-33,36,38,41H,5,11-20,22-30,34H2,1-4H3,(H,56,59)(H,57,65,68)/t36-/m1/s1. The molecule has 2 aromatic heterocycles. The molecule has 1 aliphatic carbocycles. The highest BCUT2D eigenvalue weighted by Gasteiger charge is 2.40. The van der Waals surface area contributed by atoms with Crippen molar-refractivity contribution in [2.24, 2.45) is 17.3 Å². The molecule has 68 heavy (non-hydrogen) atoms. The molecule has 9 rings (SSSR count). The molecule has 6 heterocycles. The van der Waals surface area contributed by atoms with E-state index in [1.165, 1.54) is 25.7 Å². The number of rotatable bonds is 11. The highest BCUT2D eigenvalue weighted by Crippen LogP contribution is 2.47. The zero-order valence-corrected chi connectivity index (χ0v) is 40.4. The number of nitriles is 1. The first kappa shape index (κ1) is 46.9. The Morgan fingerprint density at radius 2 is 1.62 bits per heavy atom. The van der Waals surface area contributed by atoms with Gasteiger partial charge in [-0.1, -0.05) is 31.2 Å². The third-order valence-electron chi connectivity index (χ3n) is 16.1. The topological polar surface area (TPSA) is 171 Å². The van der Waals surface area contributed by atoms with Crippen LogP contribution in [0.3, 0.4) is 0 Å². The van der Waals surface area contributed by atoms with Crippen LogP contribution >= 0.6 is 0 Å². The van der Waals surface area contributed by atoms with E-state index in [2.05, 4.69) is 67.6 Å². The van der Waals surface area contributed by atoms with Gasteiger partial charge >= 0.3 is 6.03 Å². The lowest BCUT2D eigenvalue weighted by Gasteiger charge is -2.47. The van der Waals surface area contributed by atoms with Gasteiger partial charge in [0.15, 0.2) is 5.82 Å². The van der Waals surface area contributed by atoms with Crippen molar-refractivity contribution < 1.29 is 19.2 Å². The number of piperidine rings is 2. The van der Waals surface area contributed by atoms with Gasteiger partial charge in [-0.25, -0.2) is 9.78 Å². The number of hydrogen-bond donors (Lipinski definition) is 2. The van der Waals surface area contributed by atoms with Gasteiger partial charge in [0.25, 0.3) is 5.91 Å². The van der Waals surface area contributed by atoms with E-state index < -0.39 is 6.03 Å². The molecular weight excluding hydrogens is 855 g/mol. The van der Waals surface area contributed by atoms with E-state index in [4.69, 9.17) is 4.98 Å². The number of aromatic nitrogens is 3. The summed E-state index contributed by atoms with van der Waals surface area (Å²) in [4.78, 5) is 67.5. The molecule has 4 aromatic rings. The Morgan fingerprint density at radius 1 is 0.868 bits per heavy atom. The molecule has 15 nitrogen and oxygen atoms in total. The fourth-order valence-corrected chi connectivity index (χ4v) is 11.7. The molecule has 2 aromatic carbocycles. The van der Waals surface area contributed by atoms with Crippen LogP contribution < -0.4 is 20.4 Å². The van der Waals surface area contributed by atoms with Gasteiger partial charge in [0.1, 0.15) is 5.82 Å². The molecule has 2 N–H and O–H groups in total. The van der Waals surface area contributed by atoms with Crippen LogP contribution in [-0.2, 0) is 22.4 Å². The molecule has 0 unspecified atom stereocenters. The smallest absolute Gasteiger partial charge is 0.328 e. The molecule has 4 aliphatic heterocycles. The number of aryl methyl sites for hydroxylation is 2. The van der Waals surface area contributed by atoms with Gasteiger partial charge in [0.05, 0.1) is 24.2 Å². The highest BCUT2D eigenvalue weighted by molar-refractivity contribution is 6.06. The van der Waals surface area contributed by atoms with Gasteiger partial charge in [0, 0.05) is 92.9 Å². The predicted octanol–water partition coefficient (Wildman–Crippen LogP) is 7.36. The van der Waals surface area contributed by atoms with Crippen LogP contribution in [0.25, 0.3) is 10.8 Å². The third-order valence-corrected chi connectivity index (χ3v) is 16.1. The van der Waals surface area contributed by atoms with Gasteiger partial charge in [-0.05, 0) is 143 Å². The summed E-state index contributed by atoms with van der Waals surface area (Å²) in [5.41, 5.74) is 6.67. The van der Waals surface area contributed by atoms with E-state index in [0.717, 1.165) is 122 Å². The second kappa shape index (κ2) is 20.2. The lowest BCUT2D eigenvalue weighted by Crippen LogP contribution is -2.52. The molecule has 15 heteroatoms. The lowest BCUT2D eigenvalue weighted by molar-refractivity contribution is -0.137. The first-order valence-corrected chi connectivity index (χ1v) is 25.1. The van der Waals surface area contributed by atoms with Crippen molar-refractivity contribution in [3.05, 3.63) is 82.2 Å². The molecule has 0 bridgehead atoms. The summed E-state index contributed by atoms with van der Waals surface area (Å²) in [6, 6.07) is 15.7. The maximum Gasteiger partial charge on any atom is 0.328 e. The lowest BCUT2D eigenvalue weighted by atomic mass is 9.65. The fourth-order valence-electron chi connectivity index (χ4n) is 11.7. The number of carbonyl (C=O) groups is 4. The highest BCUT2D eigenvalue weighted by atomic mass is 16.2. The van der Waals surface area contributed by atoms with Crippen molar-refractivity contribution >= 4 is 51.8 Å². The van der Waals surface area contributed by atoms with Crippen molar-refractivity contribution in [1.29, 1.82) is 5.26 Å². The van der Waals surface area contributed by atoms with E-state index in [-0.39, 0.29) is 30.2 Å². The minimum absolute atomic E-state index is 0.0144. The molecular formula is C53H67N11O4. The minimum atomic E-state index is -0.428. The molecule has 1 spiro atoms. The Morgan fingerprint density at radius 3 is 2.32 bits per heavy atom. The number of fused-ring (bicyclic) bond motifs is 1. The van der Waals surface area contributed by atoms with Crippen LogP contribution in [-0.4, -0.2) is 119 Å². The van der Waals surface area contributed by atoms with Crippen LogP contribution in [0, 0.1) is 42.4 Å². The van der Waals surface area contributed by atoms with Crippen molar-refractivity contribution in [2.75, 3.05) is 80.6 Å². The van der Waals surface area contributed by atoms with E-state index >= 15 is 0 Å². The van der Waals surface area contributed by atoms with E-state index in [1.807, 2.05) is 55.3 Å². The number of likely N-dealkylation sites (tertiary alicyclic amines) is 2. The van der Waals surface area contributed by atoms with E-state index in [9.17, 15) is 24.4 Å². The molecule has 1 saturated carbocycles. The number of anilines is 3. The first-order valence-electron chi connectivity index (χ1n) is 25.1. The molecule has 5 amide bonds.